The summed E-state index contributed by atoms with van der Waals surface area (Å²) in [5, 5.41) is 4.96. The Balaban J connectivity index is 0.000000171. The molecule has 2 rings (SSSR count). The van der Waals surface area contributed by atoms with Gasteiger partial charge in [0.15, 0.2) is 4.33 Å². The molecule has 2 saturated heterocycles. The Morgan fingerprint density at radius 2 is 1.76 bits per heavy atom. The topological polar surface area (TPSA) is 58.2 Å². The van der Waals surface area contributed by atoms with E-state index >= 15 is 0 Å². The molecule has 0 bridgehead atoms. The van der Waals surface area contributed by atoms with Crippen molar-refractivity contribution >= 4 is 46.6 Å². The van der Waals surface area contributed by atoms with Gasteiger partial charge < -0.3 is 10.6 Å². The molecular formula is C10H15Cl3N2O2. The third-order valence-electron chi connectivity index (χ3n) is 2.50. The lowest BCUT2D eigenvalue weighted by atomic mass is 10.1. The van der Waals surface area contributed by atoms with Crippen LogP contribution in [0.1, 0.15) is 25.7 Å². The Hall–Kier alpha value is -0.190. The van der Waals surface area contributed by atoms with E-state index in [1.54, 1.807) is 0 Å². The first-order valence-electron chi connectivity index (χ1n) is 5.51. The van der Waals surface area contributed by atoms with Gasteiger partial charge in [0.25, 0.3) is 5.91 Å². The summed E-state index contributed by atoms with van der Waals surface area (Å²) in [6.07, 6.45) is 3.26. The second kappa shape index (κ2) is 6.66. The van der Waals surface area contributed by atoms with Crippen LogP contribution in [0.2, 0.25) is 0 Å². The lowest BCUT2D eigenvalue weighted by molar-refractivity contribution is -0.123. The number of hydrogen-bond donors (Lipinski definition) is 2. The number of nitrogens with one attached hydrogen (secondary N) is 2. The number of halogens is 3. The van der Waals surface area contributed by atoms with E-state index in [1.165, 1.54) is 0 Å². The fourth-order valence-electron chi connectivity index (χ4n) is 1.49. The molecule has 98 valence electrons. The summed E-state index contributed by atoms with van der Waals surface area (Å²) in [6, 6.07) is 0. The second-order valence-electron chi connectivity index (χ2n) is 3.96. The molecule has 0 aromatic carbocycles. The van der Waals surface area contributed by atoms with Gasteiger partial charge in [-0.25, -0.2) is 0 Å². The van der Waals surface area contributed by atoms with E-state index in [4.69, 9.17) is 34.8 Å². The van der Waals surface area contributed by atoms with E-state index in [0.717, 1.165) is 25.8 Å². The quantitative estimate of drug-likeness (QED) is 0.667. The summed E-state index contributed by atoms with van der Waals surface area (Å²) in [5.74, 6) is -0.282. The first-order chi connectivity index (χ1) is 7.93. The van der Waals surface area contributed by atoms with Crippen molar-refractivity contribution in [2.45, 2.75) is 35.4 Å². The molecule has 0 spiro atoms. The Bertz CT molecular complexity index is 297. The molecule has 0 aromatic heterocycles. The van der Waals surface area contributed by atoms with Crippen LogP contribution in [0.3, 0.4) is 0 Å². The molecular weight excluding hydrogens is 286 g/mol. The van der Waals surface area contributed by atoms with Crippen LogP contribution < -0.4 is 10.6 Å². The zero-order valence-electron chi connectivity index (χ0n) is 9.27. The molecule has 2 heterocycles. The van der Waals surface area contributed by atoms with Crippen LogP contribution in [0.5, 0.6) is 0 Å². The molecule has 4 nitrogen and oxygen atoms in total. The van der Waals surface area contributed by atoms with Gasteiger partial charge in [-0.2, -0.15) is 0 Å². The van der Waals surface area contributed by atoms with Crippen LogP contribution >= 0.6 is 34.8 Å². The molecule has 2 aliphatic heterocycles. The fraction of sp³-hybridized carbons (Fsp3) is 0.800. The number of rotatable bonds is 0. The van der Waals surface area contributed by atoms with Gasteiger partial charge in [0.05, 0.1) is 0 Å². The second-order valence-corrected chi connectivity index (χ2v) is 5.98. The minimum absolute atomic E-state index is 0.0158. The number of carbonyl (C=O) groups is 2. The van der Waals surface area contributed by atoms with Crippen molar-refractivity contribution in [1.82, 2.24) is 10.6 Å². The van der Waals surface area contributed by atoms with Crippen molar-refractivity contribution in [3.8, 4) is 0 Å². The third-order valence-corrected chi connectivity index (χ3v) is 3.64. The van der Waals surface area contributed by atoms with Crippen molar-refractivity contribution in [3.05, 3.63) is 0 Å². The van der Waals surface area contributed by atoms with Gasteiger partial charge in [-0.05, 0) is 25.7 Å². The molecule has 2 N–H and O–H groups in total. The summed E-state index contributed by atoms with van der Waals surface area (Å²) in [5.41, 5.74) is 0. The minimum atomic E-state index is -1.17. The van der Waals surface area contributed by atoms with E-state index in [9.17, 15) is 9.59 Å². The molecule has 7 heteroatoms. The van der Waals surface area contributed by atoms with Crippen LogP contribution in [-0.4, -0.2) is 34.6 Å². The summed E-state index contributed by atoms with van der Waals surface area (Å²) in [7, 11) is 0. The number of alkyl halides is 3. The smallest absolute Gasteiger partial charge is 0.256 e. The average Bonchev–Trinajstić information content (AvgIpc) is 2.28. The maximum atomic E-state index is 10.7. The van der Waals surface area contributed by atoms with Gasteiger partial charge >= 0.3 is 0 Å². The molecule has 17 heavy (non-hydrogen) atoms. The minimum Gasteiger partial charge on any atom is -0.355 e. The van der Waals surface area contributed by atoms with Crippen molar-refractivity contribution in [1.29, 1.82) is 0 Å². The summed E-state index contributed by atoms with van der Waals surface area (Å²) < 4.78 is -1.17. The van der Waals surface area contributed by atoms with Crippen molar-refractivity contribution < 1.29 is 9.59 Å². The van der Waals surface area contributed by atoms with Gasteiger partial charge in [-0.1, -0.05) is 23.2 Å². The number of piperidine rings is 2. The molecule has 1 unspecified atom stereocenters. The Labute approximate surface area is 115 Å². The van der Waals surface area contributed by atoms with E-state index in [-0.39, 0.29) is 17.2 Å². The lowest BCUT2D eigenvalue weighted by Crippen LogP contribution is -2.43. The molecule has 0 aliphatic carbocycles. The van der Waals surface area contributed by atoms with Crippen LogP contribution in [0.15, 0.2) is 0 Å². The lowest BCUT2D eigenvalue weighted by Gasteiger charge is -2.23. The van der Waals surface area contributed by atoms with Gasteiger partial charge in [0.1, 0.15) is 5.38 Å². The predicted octanol–water partition coefficient (Wildman–Crippen LogP) is 1.57. The number of carbonyl (C=O) groups excluding carboxylic acids is 2. The average molecular weight is 302 g/mol. The zero-order valence-corrected chi connectivity index (χ0v) is 11.5. The predicted molar refractivity (Wildman–Crippen MR) is 68.6 cm³/mol. The third kappa shape index (κ3) is 4.90. The van der Waals surface area contributed by atoms with Gasteiger partial charge in [0, 0.05) is 13.1 Å². The first-order valence-corrected chi connectivity index (χ1v) is 6.70. The monoisotopic (exact) mass is 300 g/mol. The van der Waals surface area contributed by atoms with E-state index in [1.807, 2.05) is 0 Å². The van der Waals surface area contributed by atoms with Gasteiger partial charge in [-0.15, -0.1) is 11.6 Å². The van der Waals surface area contributed by atoms with Gasteiger partial charge in [-0.3, -0.25) is 9.59 Å². The zero-order chi connectivity index (χ0) is 12.9. The molecule has 0 radical (unpaired) electrons. The SMILES string of the molecule is O=C1NCCCC1(Cl)Cl.O=C1NCCCC1Cl. The van der Waals surface area contributed by atoms with Crippen LogP contribution in [0.25, 0.3) is 0 Å². The van der Waals surface area contributed by atoms with Crippen molar-refractivity contribution in [2.24, 2.45) is 0 Å². The first kappa shape index (κ1) is 14.9. The standard InChI is InChI=1S/C5H7Cl2NO.C5H8ClNO/c6-5(7)2-1-3-8-4(5)9;6-4-2-1-3-7-5(4)8/h1-3H2,(H,8,9);4H,1-3H2,(H,7,8). The molecule has 1 atom stereocenters. The normalized spacial score (nSPS) is 27.4. The highest BCUT2D eigenvalue weighted by atomic mass is 35.5. The van der Waals surface area contributed by atoms with Crippen LogP contribution in [0, 0.1) is 0 Å². The van der Waals surface area contributed by atoms with Crippen molar-refractivity contribution in [3.63, 3.8) is 0 Å². The van der Waals surface area contributed by atoms with E-state index in [2.05, 4.69) is 10.6 Å². The van der Waals surface area contributed by atoms with E-state index in [0.29, 0.717) is 13.0 Å². The van der Waals surface area contributed by atoms with Crippen LogP contribution in [0.4, 0.5) is 0 Å². The highest BCUT2D eigenvalue weighted by molar-refractivity contribution is 6.58. The largest absolute Gasteiger partial charge is 0.355 e. The maximum absolute atomic E-state index is 10.7. The number of amides is 2. The highest BCUT2D eigenvalue weighted by Gasteiger charge is 2.35. The van der Waals surface area contributed by atoms with Crippen molar-refractivity contribution in [2.75, 3.05) is 13.1 Å². The molecule has 2 fully saturated rings. The fourth-order valence-corrected chi connectivity index (χ4v) is 2.12. The Kier molecular flexibility index (Phi) is 5.83. The molecule has 2 amide bonds. The number of hydrogen-bond acceptors (Lipinski definition) is 2. The van der Waals surface area contributed by atoms with Gasteiger partial charge in [0.2, 0.25) is 5.91 Å². The maximum Gasteiger partial charge on any atom is 0.256 e. The summed E-state index contributed by atoms with van der Waals surface area (Å²) in [4.78, 5) is 21.3. The van der Waals surface area contributed by atoms with E-state index < -0.39 is 4.33 Å². The molecule has 0 aromatic rings. The summed E-state index contributed by atoms with van der Waals surface area (Å²) >= 11 is 16.7. The molecule has 2 aliphatic rings. The molecule has 0 saturated carbocycles. The Morgan fingerprint density at radius 1 is 1.12 bits per heavy atom. The summed E-state index contributed by atoms with van der Waals surface area (Å²) in [6.45, 7) is 1.49. The Morgan fingerprint density at radius 3 is 2.12 bits per heavy atom. The highest BCUT2D eigenvalue weighted by Crippen LogP contribution is 2.28. The van der Waals surface area contributed by atoms with Crippen LogP contribution in [-0.2, 0) is 9.59 Å².